The van der Waals surface area contributed by atoms with Gasteiger partial charge in [-0.3, -0.25) is 5.43 Å². The lowest BCUT2D eigenvalue weighted by Gasteiger charge is -2.11. The summed E-state index contributed by atoms with van der Waals surface area (Å²) in [6.45, 7) is 4.08. The number of hydrazone groups is 1. The molecule has 6 heteroatoms. The van der Waals surface area contributed by atoms with Crippen molar-refractivity contribution in [3.63, 3.8) is 0 Å². The van der Waals surface area contributed by atoms with Crippen LogP contribution in [0.4, 0.5) is 5.69 Å². The molecule has 2 aromatic rings. The van der Waals surface area contributed by atoms with Gasteiger partial charge in [0.15, 0.2) is 16.6 Å². The second kappa shape index (κ2) is 7.60. The van der Waals surface area contributed by atoms with Crippen LogP contribution in [0, 0.1) is 13.8 Å². The lowest BCUT2D eigenvalue weighted by atomic mass is 10.1. The van der Waals surface area contributed by atoms with Crippen molar-refractivity contribution in [2.45, 2.75) is 13.8 Å². The molecular formula is C17H19N3O2S. The summed E-state index contributed by atoms with van der Waals surface area (Å²) in [5.74, 6) is 0.481. The van der Waals surface area contributed by atoms with E-state index < -0.39 is 0 Å². The molecule has 0 aliphatic carbocycles. The zero-order valence-corrected chi connectivity index (χ0v) is 14.1. The van der Waals surface area contributed by atoms with Gasteiger partial charge in [0, 0.05) is 5.69 Å². The van der Waals surface area contributed by atoms with Crippen molar-refractivity contribution in [3.8, 4) is 11.5 Å². The fourth-order valence-corrected chi connectivity index (χ4v) is 2.15. The third-order valence-electron chi connectivity index (χ3n) is 3.44. The van der Waals surface area contributed by atoms with Gasteiger partial charge in [-0.05, 0) is 67.0 Å². The molecule has 0 radical (unpaired) electrons. The van der Waals surface area contributed by atoms with Crippen LogP contribution in [-0.4, -0.2) is 23.5 Å². The first-order valence-electron chi connectivity index (χ1n) is 7.04. The second-order valence-electron chi connectivity index (χ2n) is 5.00. The quantitative estimate of drug-likeness (QED) is 0.456. The van der Waals surface area contributed by atoms with Gasteiger partial charge in [0.05, 0.1) is 13.3 Å². The first-order valence-corrected chi connectivity index (χ1v) is 7.45. The zero-order chi connectivity index (χ0) is 16.8. The maximum Gasteiger partial charge on any atom is 0.191 e. The molecule has 0 heterocycles. The van der Waals surface area contributed by atoms with Crippen LogP contribution in [0.5, 0.6) is 11.5 Å². The van der Waals surface area contributed by atoms with Crippen molar-refractivity contribution in [2.75, 3.05) is 12.4 Å². The Hall–Kier alpha value is -2.60. The van der Waals surface area contributed by atoms with E-state index in [9.17, 15) is 5.11 Å². The molecule has 0 amide bonds. The van der Waals surface area contributed by atoms with E-state index in [-0.39, 0.29) is 5.75 Å². The van der Waals surface area contributed by atoms with E-state index in [1.807, 2.05) is 32.0 Å². The number of thiocarbonyl (C=S) groups is 1. The fourth-order valence-electron chi connectivity index (χ4n) is 1.99. The Kier molecular flexibility index (Phi) is 5.54. The fraction of sp³-hybridized carbons (Fsp3) is 0.176. The second-order valence-corrected chi connectivity index (χ2v) is 5.41. The highest BCUT2D eigenvalue weighted by molar-refractivity contribution is 7.80. The molecule has 2 rings (SSSR count). The minimum atomic E-state index is 0.0625. The molecule has 0 spiro atoms. The third kappa shape index (κ3) is 4.43. The third-order valence-corrected chi connectivity index (χ3v) is 3.63. The van der Waals surface area contributed by atoms with Gasteiger partial charge >= 0.3 is 0 Å². The predicted octanol–water partition coefficient (Wildman–Crippen LogP) is 3.34. The smallest absolute Gasteiger partial charge is 0.191 e. The summed E-state index contributed by atoms with van der Waals surface area (Å²) in [6, 6.07) is 11.0. The van der Waals surface area contributed by atoms with Gasteiger partial charge in [0.2, 0.25) is 0 Å². The lowest BCUT2D eigenvalue weighted by molar-refractivity contribution is 0.373. The highest BCUT2D eigenvalue weighted by Gasteiger charge is 2.03. The number of benzene rings is 2. The van der Waals surface area contributed by atoms with E-state index in [2.05, 4.69) is 15.8 Å². The van der Waals surface area contributed by atoms with Gasteiger partial charge < -0.3 is 15.2 Å². The van der Waals surface area contributed by atoms with E-state index in [1.165, 1.54) is 12.7 Å². The molecule has 0 saturated heterocycles. The summed E-state index contributed by atoms with van der Waals surface area (Å²) >= 11 is 5.21. The monoisotopic (exact) mass is 329 g/mol. The Bertz CT molecular complexity index is 745. The van der Waals surface area contributed by atoms with Crippen molar-refractivity contribution >= 4 is 29.2 Å². The number of hydrogen-bond donors (Lipinski definition) is 3. The molecular weight excluding hydrogens is 310 g/mol. The number of nitrogens with zero attached hydrogens (tertiary/aromatic N) is 1. The van der Waals surface area contributed by atoms with Gasteiger partial charge in [-0.15, -0.1) is 0 Å². The van der Waals surface area contributed by atoms with Crippen molar-refractivity contribution in [3.05, 3.63) is 53.1 Å². The number of aryl methyl sites for hydroxylation is 1. The average Bonchev–Trinajstić information content (AvgIpc) is 2.52. The molecule has 3 N–H and O–H groups in total. The van der Waals surface area contributed by atoms with Gasteiger partial charge in [-0.25, -0.2) is 0 Å². The van der Waals surface area contributed by atoms with Crippen LogP contribution in [0.3, 0.4) is 0 Å². The number of ether oxygens (including phenoxy) is 1. The van der Waals surface area contributed by atoms with E-state index in [4.69, 9.17) is 17.0 Å². The Balaban J connectivity index is 1.96. The normalized spacial score (nSPS) is 10.6. The number of phenols is 1. The van der Waals surface area contributed by atoms with Crippen LogP contribution in [0.1, 0.15) is 16.7 Å². The summed E-state index contributed by atoms with van der Waals surface area (Å²) in [7, 11) is 1.50. The number of methoxy groups -OCH3 is 1. The molecule has 2 aromatic carbocycles. The molecule has 0 saturated carbocycles. The van der Waals surface area contributed by atoms with Gasteiger partial charge in [0.1, 0.15) is 0 Å². The Morgan fingerprint density at radius 3 is 2.74 bits per heavy atom. The zero-order valence-electron chi connectivity index (χ0n) is 13.3. The van der Waals surface area contributed by atoms with Crippen LogP contribution in [0.25, 0.3) is 0 Å². The standard InChI is InChI=1S/C17H19N3O2S/c1-11-5-4-6-14(12(11)2)19-17(23)20-18-10-13-7-8-16(22-3)15(21)9-13/h4-10,21H,1-3H3,(H2,19,20,23)/b18-10-. The number of anilines is 1. The summed E-state index contributed by atoms with van der Waals surface area (Å²) in [6.07, 6.45) is 1.57. The van der Waals surface area contributed by atoms with Crippen molar-refractivity contribution in [2.24, 2.45) is 5.10 Å². The van der Waals surface area contributed by atoms with Crippen molar-refractivity contribution < 1.29 is 9.84 Å². The summed E-state index contributed by atoms with van der Waals surface area (Å²) in [5, 5.41) is 17.3. The summed E-state index contributed by atoms with van der Waals surface area (Å²) in [4.78, 5) is 0. The highest BCUT2D eigenvalue weighted by Crippen LogP contribution is 2.25. The highest BCUT2D eigenvalue weighted by atomic mass is 32.1. The molecule has 5 nitrogen and oxygen atoms in total. The maximum atomic E-state index is 9.71. The molecule has 23 heavy (non-hydrogen) atoms. The SMILES string of the molecule is COc1ccc(/C=N\NC(=S)Nc2cccc(C)c2C)cc1O. The van der Waals surface area contributed by atoms with Crippen molar-refractivity contribution in [1.29, 1.82) is 0 Å². The Morgan fingerprint density at radius 2 is 2.04 bits per heavy atom. The molecule has 0 aromatic heterocycles. The van der Waals surface area contributed by atoms with E-state index >= 15 is 0 Å². The number of aromatic hydroxyl groups is 1. The Labute approximate surface area is 141 Å². The summed E-state index contributed by atoms with van der Waals surface area (Å²) in [5.41, 5.74) is 6.75. The first-order chi connectivity index (χ1) is 11.0. The molecule has 0 fully saturated rings. The van der Waals surface area contributed by atoms with Gasteiger partial charge in [0.25, 0.3) is 0 Å². The molecule has 0 bridgehead atoms. The molecule has 0 atom stereocenters. The van der Waals surface area contributed by atoms with E-state index in [0.717, 1.165) is 16.8 Å². The molecule has 120 valence electrons. The molecule has 0 aliphatic rings. The minimum absolute atomic E-state index is 0.0625. The lowest BCUT2D eigenvalue weighted by Crippen LogP contribution is -2.24. The predicted molar refractivity (Wildman–Crippen MR) is 97.5 cm³/mol. The van der Waals surface area contributed by atoms with Gasteiger partial charge in [-0.2, -0.15) is 5.10 Å². The first kappa shape index (κ1) is 16.8. The molecule has 0 aliphatic heterocycles. The van der Waals surface area contributed by atoms with Gasteiger partial charge in [-0.1, -0.05) is 12.1 Å². The van der Waals surface area contributed by atoms with Crippen LogP contribution < -0.4 is 15.5 Å². The number of phenolic OH excluding ortho intramolecular Hbond substituents is 1. The number of rotatable bonds is 4. The maximum absolute atomic E-state index is 9.71. The average molecular weight is 329 g/mol. The molecule has 0 unspecified atom stereocenters. The van der Waals surface area contributed by atoms with E-state index in [1.54, 1.807) is 24.4 Å². The summed E-state index contributed by atoms with van der Waals surface area (Å²) < 4.78 is 4.99. The largest absolute Gasteiger partial charge is 0.504 e. The van der Waals surface area contributed by atoms with Crippen molar-refractivity contribution in [1.82, 2.24) is 5.43 Å². The van der Waals surface area contributed by atoms with Crippen LogP contribution in [0.2, 0.25) is 0 Å². The van der Waals surface area contributed by atoms with E-state index in [0.29, 0.717) is 10.9 Å². The van der Waals surface area contributed by atoms with Crippen LogP contribution in [0.15, 0.2) is 41.5 Å². The minimum Gasteiger partial charge on any atom is -0.504 e. The topological polar surface area (TPSA) is 65.9 Å². The number of nitrogens with one attached hydrogen (secondary N) is 2. The number of hydrogen-bond acceptors (Lipinski definition) is 4. The van der Waals surface area contributed by atoms with Crippen LogP contribution in [-0.2, 0) is 0 Å². The van der Waals surface area contributed by atoms with Crippen LogP contribution >= 0.6 is 12.2 Å². The Morgan fingerprint density at radius 1 is 1.26 bits per heavy atom.